The molecule has 7 nitrogen and oxygen atoms in total. The number of carbonyl (C=O) groups excluding carboxylic acids is 1. The fraction of sp³-hybridized carbons (Fsp3) is 0.214. The molecule has 5 rings (SSSR count). The first-order valence-electron chi connectivity index (χ1n) is 11.6. The van der Waals surface area contributed by atoms with E-state index in [1.807, 2.05) is 53.4 Å². The Morgan fingerprint density at radius 3 is 2.35 bits per heavy atom. The smallest absolute Gasteiger partial charge is 0.273 e. The minimum atomic E-state index is -0.441. The Kier molecular flexibility index (Phi) is 7.00. The van der Waals surface area contributed by atoms with Gasteiger partial charge in [0, 0.05) is 27.7 Å². The molecule has 2 heterocycles. The van der Waals surface area contributed by atoms with E-state index in [0.29, 0.717) is 45.9 Å². The quantitative estimate of drug-likeness (QED) is 0.289. The summed E-state index contributed by atoms with van der Waals surface area (Å²) in [6, 6.07) is 18.2. The van der Waals surface area contributed by atoms with Crippen molar-refractivity contribution in [2.75, 3.05) is 27.9 Å². The molecule has 0 spiro atoms. The van der Waals surface area contributed by atoms with Crippen LogP contribution in [0.4, 0.5) is 0 Å². The number of methoxy groups -OCH3 is 3. The number of aromatic nitrogens is 2. The summed E-state index contributed by atoms with van der Waals surface area (Å²) in [4.78, 5) is 15.5. The number of ether oxygens (including phenoxy) is 3. The van der Waals surface area contributed by atoms with Crippen molar-refractivity contribution in [3.8, 4) is 28.5 Å². The molecule has 37 heavy (non-hydrogen) atoms. The van der Waals surface area contributed by atoms with Crippen LogP contribution in [0.1, 0.15) is 33.2 Å². The van der Waals surface area contributed by atoms with Crippen molar-refractivity contribution in [2.24, 2.45) is 0 Å². The van der Waals surface area contributed by atoms with Crippen LogP contribution in [-0.2, 0) is 6.42 Å². The first kappa shape index (κ1) is 25.0. The highest BCUT2D eigenvalue weighted by atomic mass is 35.5. The molecule has 1 aliphatic rings. The van der Waals surface area contributed by atoms with E-state index in [-0.39, 0.29) is 5.91 Å². The zero-order chi connectivity index (χ0) is 26.1. The average molecular weight is 538 g/mol. The number of fused-ring (bicyclic) bond motifs is 1. The molecule has 190 valence electrons. The molecule has 0 aliphatic carbocycles. The number of benzene rings is 3. The van der Waals surface area contributed by atoms with Crippen molar-refractivity contribution >= 4 is 29.1 Å². The van der Waals surface area contributed by atoms with E-state index in [9.17, 15) is 4.79 Å². The van der Waals surface area contributed by atoms with Gasteiger partial charge in [0.25, 0.3) is 5.91 Å². The highest BCUT2D eigenvalue weighted by Crippen LogP contribution is 2.45. The van der Waals surface area contributed by atoms with Gasteiger partial charge in [-0.1, -0.05) is 35.3 Å². The van der Waals surface area contributed by atoms with Gasteiger partial charge in [0.15, 0.2) is 11.5 Å². The van der Waals surface area contributed by atoms with Crippen molar-refractivity contribution in [2.45, 2.75) is 12.5 Å². The third-order valence-corrected chi connectivity index (χ3v) is 7.14. The van der Waals surface area contributed by atoms with Crippen LogP contribution in [-0.4, -0.2) is 48.9 Å². The summed E-state index contributed by atoms with van der Waals surface area (Å²) in [6.45, 7) is 0.447. The maximum atomic E-state index is 13.7. The molecule has 9 heteroatoms. The Bertz CT molecular complexity index is 1450. The van der Waals surface area contributed by atoms with Crippen molar-refractivity contribution in [1.82, 2.24) is 15.1 Å². The molecule has 1 aliphatic heterocycles. The molecule has 1 amide bonds. The van der Waals surface area contributed by atoms with Crippen LogP contribution in [0.3, 0.4) is 0 Å². The SMILES string of the molecule is COc1ccc(-c2n[nH]c3c2C(c2ccc(Cl)cc2Cl)N(CCc2ccc(OC)c(OC)c2)C3=O)cc1. The molecule has 0 radical (unpaired) electrons. The second kappa shape index (κ2) is 10.4. The van der Waals surface area contributed by atoms with E-state index in [1.54, 1.807) is 33.5 Å². The van der Waals surface area contributed by atoms with Gasteiger partial charge in [0.2, 0.25) is 0 Å². The molecule has 1 unspecified atom stereocenters. The maximum Gasteiger partial charge on any atom is 0.273 e. The van der Waals surface area contributed by atoms with Crippen molar-refractivity contribution in [1.29, 1.82) is 0 Å². The molecule has 0 bridgehead atoms. The number of rotatable bonds is 8. The Balaban J connectivity index is 1.55. The molecule has 1 atom stereocenters. The van der Waals surface area contributed by atoms with Gasteiger partial charge in [0.05, 0.1) is 33.1 Å². The van der Waals surface area contributed by atoms with Gasteiger partial charge in [-0.15, -0.1) is 0 Å². The standard InChI is InChI=1S/C28H25Cl2N3O4/c1-35-19-8-5-17(6-9-19)25-24-26(32-31-25)28(34)33(27(24)20-10-7-18(29)15-21(20)30)13-12-16-4-11-22(36-2)23(14-16)37-3/h4-11,14-15,27H,12-13H2,1-3H3,(H,31,32). The number of nitrogens with zero attached hydrogens (tertiary/aromatic N) is 2. The molecule has 1 N–H and O–H groups in total. The van der Waals surface area contributed by atoms with E-state index >= 15 is 0 Å². The predicted octanol–water partition coefficient (Wildman–Crippen LogP) is 6.20. The number of hydrogen-bond acceptors (Lipinski definition) is 5. The molecule has 0 saturated heterocycles. The molecule has 0 fully saturated rings. The summed E-state index contributed by atoms with van der Waals surface area (Å²) in [7, 11) is 4.82. The number of carbonyl (C=O) groups is 1. The Hall–Kier alpha value is -3.68. The monoisotopic (exact) mass is 537 g/mol. The van der Waals surface area contributed by atoms with Crippen LogP contribution in [0.25, 0.3) is 11.3 Å². The third kappa shape index (κ3) is 4.61. The van der Waals surface area contributed by atoms with Crippen LogP contribution >= 0.6 is 23.2 Å². The molecular formula is C28H25Cl2N3O4. The normalized spacial score (nSPS) is 14.6. The van der Waals surface area contributed by atoms with E-state index in [0.717, 1.165) is 28.0 Å². The largest absolute Gasteiger partial charge is 0.497 e. The number of halogens is 2. The number of H-pyrrole nitrogens is 1. The van der Waals surface area contributed by atoms with Crippen molar-refractivity contribution in [3.05, 3.63) is 93.1 Å². The Morgan fingerprint density at radius 2 is 1.68 bits per heavy atom. The van der Waals surface area contributed by atoms with Gasteiger partial charge in [0.1, 0.15) is 11.4 Å². The topological polar surface area (TPSA) is 76.7 Å². The highest BCUT2D eigenvalue weighted by Gasteiger charge is 2.42. The van der Waals surface area contributed by atoms with E-state index < -0.39 is 6.04 Å². The van der Waals surface area contributed by atoms with Gasteiger partial charge < -0.3 is 19.1 Å². The van der Waals surface area contributed by atoms with Crippen LogP contribution in [0.5, 0.6) is 17.2 Å². The van der Waals surface area contributed by atoms with Crippen LogP contribution in [0.2, 0.25) is 10.0 Å². The highest BCUT2D eigenvalue weighted by molar-refractivity contribution is 6.35. The van der Waals surface area contributed by atoms with Gasteiger partial charge in [-0.3, -0.25) is 9.89 Å². The van der Waals surface area contributed by atoms with Gasteiger partial charge in [-0.2, -0.15) is 5.10 Å². The average Bonchev–Trinajstić information content (AvgIpc) is 3.46. The van der Waals surface area contributed by atoms with E-state index in [2.05, 4.69) is 10.2 Å². The number of aromatic amines is 1. The second-order valence-corrected chi connectivity index (χ2v) is 9.44. The lowest BCUT2D eigenvalue weighted by Crippen LogP contribution is -2.31. The van der Waals surface area contributed by atoms with Crippen molar-refractivity contribution in [3.63, 3.8) is 0 Å². The zero-order valence-corrected chi connectivity index (χ0v) is 22.1. The lowest BCUT2D eigenvalue weighted by Gasteiger charge is -2.27. The first-order chi connectivity index (χ1) is 17.9. The van der Waals surface area contributed by atoms with Crippen LogP contribution < -0.4 is 14.2 Å². The first-order valence-corrected chi connectivity index (χ1v) is 12.4. The number of amides is 1. The molecular weight excluding hydrogens is 513 g/mol. The maximum absolute atomic E-state index is 13.7. The lowest BCUT2D eigenvalue weighted by atomic mass is 9.95. The molecule has 4 aromatic rings. The summed E-state index contributed by atoms with van der Waals surface area (Å²) in [5.41, 5.74) is 4.58. The van der Waals surface area contributed by atoms with Crippen molar-refractivity contribution < 1.29 is 19.0 Å². The second-order valence-electron chi connectivity index (χ2n) is 8.60. The fourth-order valence-electron chi connectivity index (χ4n) is 4.73. The fourth-order valence-corrected chi connectivity index (χ4v) is 5.24. The zero-order valence-electron chi connectivity index (χ0n) is 20.5. The lowest BCUT2D eigenvalue weighted by molar-refractivity contribution is 0.0746. The number of hydrogen-bond donors (Lipinski definition) is 1. The minimum absolute atomic E-state index is 0.140. The molecule has 3 aromatic carbocycles. The number of nitrogens with one attached hydrogen (secondary N) is 1. The Morgan fingerprint density at radius 1 is 0.919 bits per heavy atom. The summed E-state index contributed by atoms with van der Waals surface area (Å²) in [6.07, 6.45) is 0.601. The predicted molar refractivity (Wildman–Crippen MR) is 143 cm³/mol. The van der Waals surface area contributed by atoms with Crippen LogP contribution in [0, 0.1) is 0 Å². The summed E-state index contributed by atoms with van der Waals surface area (Å²) < 4.78 is 16.1. The van der Waals surface area contributed by atoms with Gasteiger partial charge in [-0.05, 0) is 66.1 Å². The minimum Gasteiger partial charge on any atom is -0.497 e. The summed E-state index contributed by atoms with van der Waals surface area (Å²) in [5.74, 6) is 1.89. The molecule has 1 aromatic heterocycles. The third-order valence-electron chi connectivity index (χ3n) is 6.57. The van der Waals surface area contributed by atoms with Crippen LogP contribution in [0.15, 0.2) is 60.7 Å². The van der Waals surface area contributed by atoms with E-state index in [4.69, 9.17) is 37.4 Å². The van der Waals surface area contributed by atoms with E-state index in [1.165, 1.54) is 0 Å². The van der Waals surface area contributed by atoms with Gasteiger partial charge in [-0.25, -0.2) is 0 Å². The summed E-state index contributed by atoms with van der Waals surface area (Å²) >= 11 is 12.9. The summed E-state index contributed by atoms with van der Waals surface area (Å²) in [5, 5.41) is 8.50. The Labute approximate surface area is 224 Å². The molecule has 0 saturated carbocycles. The van der Waals surface area contributed by atoms with Gasteiger partial charge >= 0.3 is 0 Å².